The predicted octanol–water partition coefficient (Wildman–Crippen LogP) is 8.30. The second kappa shape index (κ2) is 19.6. The van der Waals surface area contributed by atoms with Gasteiger partial charge in [0.25, 0.3) is 0 Å². The van der Waals surface area contributed by atoms with E-state index in [0.29, 0.717) is 0 Å². The Kier molecular flexibility index (Phi) is 19.2. The molecule has 0 heterocycles. The van der Waals surface area contributed by atoms with Crippen LogP contribution in [0.15, 0.2) is 0 Å². The average Bonchev–Trinajstić information content (AvgIpc) is 2.56. The summed E-state index contributed by atoms with van der Waals surface area (Å²) >= 11 is 0. The first-order valence-electron chi connectivity index (χ1n) is 10.8. The molecule has 0 N–H and O–H groups in total. The molecule has 0 rings (SSSR count). The smallest absolute Gasteiger partial charge is 0.00886 e. The quantitative estimate of drug-likeness (QED) is 0.198. The summed E-state index contributed by atoms with van der Waals surface area (Å²) in [6.07, 6.45) is 23.3. The molecule has 0 radical (unpaired) electrons. The summed E-state index contributed by atoms with van der Waals surface area (Å²) in [5.74, 6) is 7.65. The molecule has 0 aliphatic carbocycles. The van der Waals surface area contributed by atoms with Crippen LogP contribution in [-0.2, 0) is 0 Å². The molecule has 0 saturated carbocycles. The molecule has 0 amide bonds. The standard InChI is InChI=1S/C23H44/c1-4-7-9-11-13-15-17-19-22-23(20-6-3)21-18-16-14-12-10-8-5-2/h23H,4-10,12,14-22H2,1-3H3. The molecule has 1 unspecified atom stereocenters. The van der Waals surface area contributed by atoms with Crippen molar-refractivity contribution >= 4 is 0 Å². The van der Waals surface area contributed by atoms with Crippen LogP contribution >= 0.6 is 0 Å². The maximum absolute atomic E-state index is 3.35. The van der Waals surface area contributed by atoms with Gasteiger partial charge in [-0.2, -0.15) is 0 Å². The lowest BCUT2D eigenvalue weighted by Gasteiger charge is -2.15. The number of rotatable bonds is 16. The van der Waals surface area contributed by atoms with E-state index >= 15 is 0 Å². The molecule has 136 valence electrons. The highest BCUT2D eigenvalue weighted by atomic mass is 14.1. The van der Waals surface area contributed by atoms with Gasteiger partial charge in [0, 0.05) is 12.8 Å². The highest BCUT2D eigenvalue weighted by Gasteiger charge is 2.07. The maximum Gasteiger partial charge on any atom is 0.00886 e. The highest BCUT2D eigenvalue weighted by molar-refractivity contribution is 4.98. The Bertz CT molecular complexity index is 267. The van der Waals surface area contributed by atoms with Crippen molar-refractivity contribution in [1.82, 2.24) is 0 Å². The minimum absolute atomic E-state index is 0.990. The number of unbranched alkanes of at least 4 members (excludes halogenated alkanes) is 10. The van der Waals surface area contributed by atoms with E-state index < -0.39 is 0 Å². The summed E-state index contributed by atoms with van der Waals surface area (Å²) in [6, 6.07) is 0. The second-order valence-electron chi connectivity index (χ2n) is 7.27. The van der Waals surface area contributed by atoms with Crippen molar-refractivity contribution in [1.29, 1.82) is 0 Å². The summed E-state index contributed by atoms with van der Waals surface area (Å²) < 4.78 is 0. The van der Waals surface area contributed by atoms with Crippen molar-refractivity contribution in [3.8, 4) is 11.8 Å². The first-order valence-corrected chi connectivity index (χ1v) is 10.8. The lowest BCUT2D eigenvalue weighted by molar-refractivity contribution is 0.381. The summed E-state index contributed by atoms with van der Waals surface area (Å²) in [6.45, 7) is 6.88. The van der Waals surface area contributed by atoms with E-state index in [4.69, 9.17) is 0 Å². The molecule has 0 bridgehead atoms. The molecule has 0 spiro atoms. The summed E-state index contributed by atoms with van der Waals surface area (Å²) in [5, 5.41) is 0. The van der Waals surface area contributed by atoms with Crippen molar-refractivity contribution in [2.45, 2.75) is 130 Å². The van der Waals surface area contributed by atoms with Crippen LogP contribution in [-0.4, -0.2) is 0 Å². The Morgan fingerprint density at radius 2 is 1.00 bits per heavy atom. The van der Waals surface area contributed by atoms with Crippen molar-refractivity contribution < 1.29 is 0 Å². The van der Waals surface area contributed by atoms with Gasteiger partial charge in [-0.15, -0.1) is 11.8 Å². The Hall–Kier alpha value is -0.440. The monoisotopic (exact) mass is 320 g/mol. The van der Waals surface area contributed by atoms with Crippen LogP contribution in [0.1, 0.15) is 130 Å². The Labute approximate surface area is 148 Å². The van der Waals surface area contributed by atoms with E-state index in [9.17, 15) is 0 Å². The van der Waals surface area contributed by atoms with Crippen LogP contribution in [0.4, 0.5) is 0 Å². The predicted molar refractivity (Wildman–Crippen MR) is 107 cm³/mol. The Morgan fingerprint density at radius 1 is 0.478 bits per heavy atom. The molecule has 0 aliphatic heterocycles. The van der Waals surface area contributed by atoms with E-state index in [0.717, 1.165) is 18.8 Å². The molecule has 0 heteroatoms. The largest absolute Gasteiger partial charge is 0.103 e. The molecule has 1 atom stereocenters. The van der Waals surface area contributed by atoms with E-state index in [1.165, 1.54) is 96.3 Å². The van der Waals surface area contributed by atoms with E-state index in [2.05, 4.69) is 32.6 Å². The van der Waals surface area contributed by atoms with Gasteiger partial charge in [0.15, 0.2) is 0 Å². The molecule has 0 aliphatic rings. The molecule has 0 aromatic rings. The average molecular weight is 321 g/mol. The minimum Gasteiger partial charge on any atom is -0.103 e. The van der Waals surface area contributed by atoms with Gasteiger partial charge in [-0.05, 0) is 18.8 Å². The Balaban J connectivity index is 3.55. The fourth-order valence-electron chi connectivity index (χ4n) is 3.32. The molecule has 0 nitrogen and oxygen atoms in total. The second-order valence-corrected chi connectivity index (χ2v) is 7.27. The first-order chi connectivity index (χ1) is 11.3. The zero-order chi connectivity index (χ0) is 17.0. The van der Waals surface area contributed by atoms with E-state index in [1.54, 1.807) is 0 Å². The summed E-state index contributed by atoms with van der Waals surface area (Å²) in [5.41, 5.74) is 0. The van der Waals surface area contributed by atoms with Gasteiger partial charge in [-0.3, -0.25) is 0 Å². The maximum atomic E-state index is 3.35. The molecule has 23 heavy (non-hydrogen) atoms. The van der Waals surface area contributed by atoms with E-state index in [-0.39, 0.29) is 0 Å². The summed E-state index contributed by atoms with van der Waals surface area (Å²) in [4.78, 5) is 0. The molecular weight excluding hydrogens is 276 g/mol. The van der Waals surface area contributed by atoms with Gasteiger partial charge in [-0.25, -0.2) is 0 Å². The van der Waals surface area contributed by atoms with Gasteiger partial charge in [0.2, 0.25) is 0 Å². The van der Waals surface area contributed by atoms with Crippen molar-refractivity contribution in [3.05, 3.63) is 0 Å². The number of hydrogen-bond acceptors (Lipinski definition) is 0. The van der Waals surface area contributed by atoms with Crippen LogP contribution in [0.3, 0.4) is 0 Å². The summed E-state index contributed by atoms with van der Waals surface area (Å²) in [7, 11) is 0. The van der Waals surface area contributed by atoms with Crippen molar-refractivity contribution in [3.63, 3.8) is 0 Å². The minimum atomic E-state index is 0.990. The SMILES string of the molecule is CCCCC#CCCCCC(CCC)CCCCCCCCC. The van der Waals surface area contributed by atoms with Crippen molar-refractivity contribution in [2.75, 3.05) is 0 Å². The lowest BCUT2D eigenvalue weighted by Crippen LogP contribution is -2.00. The Morgan fingerprint density at radius 3 is 1.61 bits per heavy atom. The van der Waals surface area contributed by atoms with Crippen molar-refractivity contribution in [2.24, 2.45) is 5.92 Å². The number of hydrogen-bond donors (Lipinski definition) is 0. The van der Waals surface area contributed by atoms with Crippen LogP contribution < -0.4 is 0 Å². The molecule has 0 aromatic carbocycles. The third-order valence-corrected chi connectivity index (χ3v) is 4.86. The van der Waals surface area contributed by atoms with Crippen LogP contribution in [0.25, 0.3) is 0 Å². The lowest BCUT2D eigenvalue weighted by atomic mass is 9.91. The molecule has 0 fully saturated rings. The normalized spacial score (nSPS) is 12.0. The fourth-order valence-corrected chi connectivity index (χ4v) is 3.32. The molecule has 0 saturated heterocycles. The van der Waals surface area contributed by atoms with Crippen LogP contribution in [0, 0.1) is 17.8 Å². The highest BCUT2D eigenvalue weighted by Crippen LogP contribution is 2.22. The molecular formula is C23H44. The van der Waals surface area contributed by atoms with E-state index in [1.807, 2.05) is 0 Å². The first kappa shape index (κ1) is 22.6. The van der Waals surface area contributed by atoms with Gasteiger partial charge < -0.3 is 0 Å². The van der Waals surface area contributed by atoms with Gasteiger partial charge in [0.05, 0.1) is 0 Å². The zero-order valence-electron chi connectivity index (χ0n) is 16.6. The van der Waals surface area contributed by atoms with Crippen LogP contribution in [0.2, 0.25) is 0 Å². The topological polar surface area (TPSA) is 0 Å². The van der Waals surface area contributed by atoms with Gasteiger partial charge >= 0.3 is 0 Å². The van der Waals surface area contributed by atoms with Crippen LogP contribution in [0.5, 0.6) is 0 Å². The third kappa shape index (κ3) is 17.7. The van der Waals surface area contributed by atoms with Gasteiger partial charge in [0.1, 0.15) is 0 Å². The fraction of sp³-hybridized carbons (Fsp3) is 0.913. The van der Waals surface area contributed by atoms with Gasteiger partial charge in [-0.1, -0.05) is 104 Å². The molecule has 0 aromatic heterocycles. The zero-order valence-corrected chi connectivity index (χ0v) is 16.6. The third-order valence-electron chi connectivity index (χ3n) is 4.86.